The van der Waals surface area contributed by atoms with E-state index in [9.17, 15) is 5.11 Å². The molecule has 0 unspecified atom stereocenters. The predicted molar refractivity (Wildman–Crippen MR) is 85.2 cm³/mol. The molecule has 2 rings (SSSR count). The van der Waals surface area contributed by atoms with Gasteiger partial charge in [-0.05, 0) is 26.3 Å². The van der Waals surface area contributed by atoms with Crippen molar-refractivity contribution < 1.29 is 5.11 Å². The number of hydrogen-bond acceptors (Lipinski definition) is 6. The van der Waals surface area contributed by atoms with E-state index in [0.29, 0.717) is 0 Å². The minimum Gasteiger partial charge on any atom is -0.394 e. The number of aryl methyl sites for hydroxylation is 1. The molecule has 0 saturated heterocycles. The number of aliphatic hydroxyl groups excluding tert-OH is 1. The van der Waals surface area contributed by atoms with Crippen LogP contribution in [0.3, 0.4) is 0 Å². The molecule has 0 bridgehead atoms. The van der Waals surface area contributed by atoms with E-state index in [2.05, 4.69) is 22.2 Å². The van der Waals surface area contributed by atoms with Crippen LogP contribution in [0, 0.1) is 6.92 Å². The molecule has 1 atom stereocenters. The van der Waals surface area contributed by atoms with Gasteiger partial charge in [-0.2, -0.15) is 4.98 Å². The van der Waals surface area contributed by atoms with Crippen molar-refractivity contribution in [3.05, 3.63) is 10.9 Å². The average Bonchev–Trinajstić information content (AvgIpc) is 2.77. The Bertz CT molecular complexity index is 598. The molecule has 0 spiro atoms. The molecule has 0 aliphatic heterocycles. The Labute approximate surface area is 123 Å². The quantitative estimate of drug-likeness (QED) is 0.763. The molecule has 0 aliphatic rings. The molecule has 0 aliphatic carbocycles. The summed E-state index contributed by atoms with van der Waals surface area (Å²) in [5, 5.41) is 13.1. The van der Waals surface area contributed by atoms with E-state index in [1.807, 2.05) is 19.9 Å². The van der Waals surface area contributed by atoms with E-state index < -0.39 is 0 Å². The molecule has 0 saturated carbocycles. The molecule has 0 aromatic carbocycles. The average molecular weight is 294 g/mol. The van der Waals surface area contributed by atoms with E-state index in [4.69, 9.17) is 5.73 Å². The Morgan fingerprint density at radius 3 is 2.85 bits per heavy atom. The van der Waals surface area contributed by atoms with Crippen molar-refractivity contribution in [3.8, 4) is 0 Å². The molecule has 6 heteroatoms. The van der Waals surface area contributed by atoms with Crippen LogP contribution in [0.5, 0.6) is 0 Å². The number of nitrogen functional groups attached to an aromatic ring is 1. The van der Waals surface area contributed by atoms with Gasteiger partial charge in [0.1, 0.15) is 5.82 Å². The Kier molecular flexibility index (Phi) is 4.45. The number of nitrogens with two attached hydrogens (primary N) is 1. The van der Waals surface area contributed by atoms with Gasteiger partial charge in [-0.15, -0.1) is 11.3 Å². The fraction of sp³-hybridized carbons (Fsp3) is 0.571. The number of hydrogen-bond donors (Lipinski definition) is 3. The maximum atomic E-state index is 9.69. The van der Waals surface area contributed by atoms with Crippen LogP contribution in [0.1, 0.15) is 38.0 Å². The van der Waals surface area contributed by atoms with Gasteiger partial charge in [0, 0.05) is 4.88 Å². The highest BCUT2D eigenvalue weighted by atomic mass is 32.1. The molecule has 2 aromatic heterocycles. The van der Waals surface area contributed by atoms with Crippen LogP contribution in [-0.2, 0) is 0 Å². The topological polar surface area (TPSA) is 84.1 Å². The van der Waals surface area contributed by atoms with Gasteiger partial charge in [-0.3, -0.25) is 0 Å². The van der Waals surface area contributed by atoms with E-state index in [-0.39, 0.29) is 18.1 Å². The zero-order valence-corrected chi connectivity index (χ0v) is 13.0. The lowest BCUT2D eigenvalue weighted by Crippen LogP contribution is -2.39. The number of anilines is 2. The van der Waals surface area contributed by atoms with E-state index in [1.165, 1.54) is 4.88 Å². The molecular weight excluding hydrogens is 272 g/mol. The number of aliphatic hydroxyl groups is 1. The van der Waals surface area contributed by atoms with Crippen LogP contribution in [-0.4, -0.2) is 27.2 Å². The molecular formula is C14H22N4OS. The Hall–Kier alpha value is -1.40. The SMILES string of the molecule is CCCC[C@@](C)(CO)Nc1nc(N)nc2cc(C)sc12. The van der Waals surface area contributed by atoms with E-state index in [0.717, 1.165) is 35.3 Å². The summed E-state index contributed by atoms with van der Waals surface area (Å²) >= 11 is 1.64. The number of aromatic nitrogens is 2. The maximum absolute atomic E-state index is 9.69. The molecule has 4 N–H and O–H groups in total. The number of fused-ring (bicyclic) bond motifs is 1. The summed E-state index contributed by atoms with van der Waals surface area (Å²) in [6.07, 6.45) is 3.03. The summed E-state index contributed by atoms with van der Waals surface area (Å²) in [5.74, 6) is 0.979. The summed E-state index contributed by atoms with van der Waals surface area (Å²) in [6, 6.07) is 2.01. The van der Waals surface area contributed by atoms with Gasteiger partial charge >= 0.3 is 0 Å². The molecule has 2 aromatic rings. The fourth-order valence-corrected chi connectivity index (χ4v) is 3.08. The van der Waals surface area contributed by atoms with Gasteiger partial charge in [-0.1, -0.05) is 19.8 Å². The summed E-state index contributed by atoms with van der Waals surface area (Å²) in [7, 11) is 0. The van der Waals surface area contributed by atoms with Crippen molar-refractivity contribution in [2.75, 3.05) is 17.7 Å². The molecule has 110 valence electrons. The first kappa shape index (κ1) is 15.0. The Morgan fingerprint density at radius 2 is 2.20 bits per heavy atom. The summed E-state index contributed by atoms with van der Waals surface area (Å²) in [4.78, 5) is 9.73. The molecule has 2 heterocycles. The third kappa shape index (κ3) is 3.19. The lowest BCUT2D eigenvalue weighted by Gasteiger charge is -2.29. The van der Waals surface area contributed by atoms with Gasteiger partial charge in [0.05, 0.1) is 22.4 Å². The number of nitrogens with one attached hydrogen (secondary N) is 1. The van der Waals surface area contributed by atoms with Gasteiger partial charge in [0.2, 0.25) is 5.95 Å². The monoisotopic (exact) mass is 294 g/mol. The van der Waals surface area contributed by atoms with Crippen molar-refractivity contribution >= 4 is 33.3 Å². The van der Waals surface area contributed by atoms with Gasteiger partial charge in [0.15, 0.2) is 0 Å². The lowest BCUT2D eigenvalue weighted by molar-refractivity contribution is 0.212. The smallest absolute Gasteiger partial charge is 0.222 e. The van der Waals surface area contributed by atoms with Crippen LogP contribution in [0.25, 0.3) is 10.2 Å². The minimum absolute atomic E-state index is 0.0583. The zero-order valence-electron chi connectivity index (χ0n) is 12.2. The Balaban J connectivity index is 2.36. The van der Waals surface area contributed by atoms with E-state index in [1.54, 1.807) is 11.3 Å². The minimum atomic E-state index is -0.387. The molecule has 0 fully saturated rings. The van der Waals surface area contributed by atoms with Crippen molar-refractivity contribution in [2.45, 2.75) is 45.6 Å². The molecule has 20 heavy (non-hydrogen) atoms. The first-order valence-corrected chi connectivity index (χ1v) is 7.72. The summed E-state index contributed by atoms with van der Waals surface area (Å²) in [6.45, 7) is 6.24. The third-order valence-electron chi connectivity index (χ3n) is 3.36. The number of nitrogens with zero attached hydrogens (tertiary/aromatic N) is 2. The first-order valence-electron chi connectivity index (χ1n) is 6.90. The van der Waals surface area contributed by atoms with Crippen LogP contribution >= 0.6 is 11.3 Å². The fourth-order valence-electron chi connectivity index (χ4n) is 2.19. The second-order valence-electron chi connectivity index (χ2n) is 5.45. The first-order chi connectivity index (χ1) is 9.47. The zero-order chi connectivity index (χ0) is 14.8. The largest absolute Gasteiger partial charge is 0.394 e. The second-order valence-corrected chi connectivity index (χ2v) is 6.71. The Morgan fingerprint density at radius 1 is 1.45 bits per heavy atom. The van der Waals surface area contributed by atoms with Gasteiger partial charge in [0.25, 0.3) is 0 Å². The highest BCUT2D eigenvalue weighted by Crippen LogP contribution is 2.32. The summed E-state index contributed by atoms with van der Waals surface area (Å²) < 4.78 is 0.993. The predicted octanol–water partition coefficient (Wildman–Crippen LogP) is 2.94. The number of unbranched alkanes of at least 4 members (excludes halogenated alkanes) is 1. The number of thiophene rings is 1. The lowest BCUT2D eigenvalue weighted by atomic mass is 9.96. The van der Waals surface area contributed by atoms with Crippen molar-refractivity contribution in [2.24, 2.45) is 0 Å². The van der Waals surface area contributed by atoms with E-state index >= 15 is 0 Å². The number of rotatable bonds is 6. The standard InChI is InChI=1S/C14H22N4OS/c1-4-5-6-14(3,8-19)18-12-11-10(7-9(2)20-11)16-13(15)17-12/h7,19H,4-6,8H2,1-3H3,(H3,15,16,17,18)/t14-/m0/s1. The third-order valence-corrected chi connectivity index (χ3v) is 4.41. The van der Waals surface area contributed by atoms with Crippen molar-refractivity contribution in [1.82, 2.24) is 9.97 Å². The highest BCUT2D eigenvalue weighted by Gasteiger charge is 2.24. The maximum Gasteiger partial charge on any atom is 0.222 e. The van der Waals surface area contributed by atoms with Gasteiger partial charge < -0.3 is 16.2 Å². The van der Waals surface area contributed by atoms with Crippen LogP contribution in [0.2, 0.25) is 0 Å². The molecule has 5 nitrogen and oxygen atoms in total. The van der Waals surface area contributed by atoms with Crippen LogP contribution < -0.4 is 11.1 Å². The highest BCUT2D eigenvalue weighted by molar-refractivity contribution is 7.19. The molecule has 0 radical (unpaired) electrons. The van der Waals surface area contributed by atoms with Crippen LogP contribution in [0.15, 0.2) is 6.07 Å². The summed E-state index contributed by atoms with van der Waals surface area (Å²) in [5.41, 5.74) is 6.25. The van der Waals surface area contributed by atoms with Crippen molar-refractivity contribution in [1.29, 1.82) is 0 Å². The van der Waals surface area contributed by atoms with Crippen LogP contribution in [0.4, 0.5) is 11.8 Å². The molecule has 0 amide bonds. The second kappa shape index (κ2) is 5.93. The van der Waals surface area contributed by atoms with Gasteiger partial charge in [-0.25, -0.2) is 4.98 Å². The normalized spacial score (nSPS) is 14.4. The van der Waals surface area contributed by atoms with Crippen molar-refractivity contribution in [3.63, 3.8) is 0 Å².